The Morgan fingerprint density at radius 2 is 2.17 bits per heavy atom. The number of hydroxylamine groups is 2. The molecule has 0 unspecified atom stereocenters. The van der Waals surface area contributed by atoms with Gasteiger partial charge in [0, 0.05) is 13.8 Å². The quantitative estimate of drug-likeness (QED) is 0.366. The molecule has 1 aromatic rings. The second kappa shape index (κ2) is 6.68. The van der Waals surface area contributed by atoms with Crippen LogP contribution in [0.5, 0.6) is 0 Å². The number of halogens is 1. The van der Waals surface area contributed by atoms with Crippen molar-refractivity contribution in [2.24, 2.45) is 0 Å². The third-order valence-corrected chi connectivity index (χ3v) is 3.07. The number of nitrogens with zero attached hydrogens (tertiary/aromatic N) is 2. The molecular weight excluding hydrogens is 319 g/mol. The van der Waals surface area contributed by atoms with Crippen LogP contribution in [0.3, 0.4) is 0 Å². The molecule has 0 atom stereocenters. The van der Waals surface area contributed by atoms with E-state index >= 15 is 0 Å². The molecular formula is C16H15FN2O5. The molecule has 1 aliphatic heterocycles. The van der Waals surface area contributed by atoms with Crippen LogP contribution in [0.4, 0.5) is 10.1 Å². The number of amides is 1. The van der Waals surface area contributed by atoms with Gasteiger partial charge in [-0.25, -0.2) is 19.1 Å². The van der Waals surface area contributed by atoms with Crippen molar-refractivity contribution < 1.29 is 28.3 Å². The zero-order valence-corrected chi connectivity index (χ0v) is 13.3. The summed E-state index contributed by atoms with van der Waals surface area (Å²) in [5, 5.41) is 0.940. The second-order valence-corrected chi connectivity index (χ2v) is 5.35. The molecule has 7 nitrogen and oxygen atoms in total. The van der Waals surface area contributed by atoms with Crippen molar-refractivity contribution in [1.82, 2.24) is 5.06 Å². The summed E-state index contributed by atoms with van der Waals surface area (Å²) in [4.78, 5) is 31.9. The first-order valence-electron chi connectivity index (χ1n) is 6.91. The van der Waals surface area contributed by atoms with Gasteiger partial charge in [0.15, 0.2) is 0 Å². The Hall–Kier alpha value is -2.92. The first-order chi connectivity index (χ1) is 11.3. The molecule has 0 aromatic heterocycles. The van der Waals surface area contributed by atoms with Gasteiger partial charge in [-0.2, -0.15) is 0 Å². The number of ether oxygens (including phenoxy) is 2. The molecule has 0 spiro atoms. The largest absolute Gasteiger partial charge is 0.445 e. The van der Waals surface area contributed by atoms with Gasteiger partial charge >= 0.3 is 5.97 Å². The van der Waals surface area contributed by atoms with Crippen LogP contribution in [0, 0.1) is 12.4 Å². The summed E-state index contributed by atoms with van der Waals surface area (Å²) in [7, 11) is 1.27. The fraction of sp³-hybridized carbons (Fsp3) is 0.312. The van der Waals surface area contributed by atoms with Gasteiger partial charge in [0.05, 0.1) is 26.3 Å². The van der Waals surface area contributed by atoms with E-state index < -0.39 is 23.5 Å². The zero-order chi connectivity index (χ0) is 17.9. The highest BCUT2D eigenvalue weighted by molar-refractivity contribution is 5.97. The molecule has 1 aromatic carbocycles. The molecule has 0 aliphatic carbocycles. The summed E-state index contributed by atoms with van der Waals surface area (Å²) in [6, 6.07) is 3.89. The van der Waals surface area contributed by atoms with Crippen LogP contribution in [0.15, 0.2) is 30.0 Å². The summed E-state index contributed by atoms with van der Waals surface area (Å²) in [6.45, 7) is 9.93. The maximum Gasteiger partial charge on any atom is 0.377 e. The highest BCUT2D eigenvalue weighted by Crippen LogP contribution is 2.26. The van der Waals surface area contributed by atoms with E-state index in [1.807, 2.05) is 0 Å². The maximum atomic E-state index is 13.3. The van der Waals surface area contributed by atoms with Crippen LogP contribution in [-0.2, 0) is 30.4 Å². The van der Waals surface area contributed by atoms with E-state index in [4.69, 9.17) is 20.9 Å². The maximum absolute atomic E-state index is 13.3. The summed E-state index contributed by atoms with van der Waals surface area (Å²) in [6.07, 6.45) is 0.958. The van der Waals surface area contributed by atoms with Gasteiger partial charge in [0.1, 0.15) is 5.82 Å². The lowest BCUT2D eigenvalue weighted by Crippen LogP contribution is -2.28. The fourth-order valence-corrected chi connectivity index (χ4v) is 2.01. The van der Waals surface area contributed by atoms with Crippen molar-refractivity contribution in [1.29, 1.82) is 0 Å². The molecule has 126 valence electrons. The Labute approximate surface area is 138 Å². The molecule has 8 heteroatoms. The van der Waals surface area contributed by atoms with Crippen LogP contribution < -0.4 is 0 Å². The molecule has 1 saturated heterocycles. The molecule has 1 fully saturated rings. The minimum atomic E-state index is -1.14. The molecule has 1 heterocycles. The Morgan fingerprint density at radius 3 is 2.71 bits per heavy atom. The van der Waals surface area contributed by atoms with Gasteiger partial charge < -0.3 is 9.47 Å². The zero-order valence-electron chi connectivity index (χ0n) is 13.3. The predicted octanol–water partition coefficient (Wildman–Crippen LogP) is 2.46. The normalized spacial score (nSPS) is 17.1. The number of carbonyl (C=O) groups excluding carboxylic acids is 2. The lowest BCUT2D eigenvalue weighted by Gasteiger charge is -2.18. The van der Waals surface area contributed by atoms with E-state index in [1.165, 1.54) is 33.1 Å². The molecule has 1 amide bonds. The van der Waals surface area contributed by atoms with Crippen molar-refractivity contribution in [3.8, 4) is 0 Å². The lowest BCUT2D eigenvalue weighted by atomic mass is 10.2. The minimum Gasteiger partial charge on any atom is -0.445 e. The lowest BCUT2D eigenvalue weighted by molar-refractivity contribution is -0.173. The number of hydrogen-bond acceptors (Lipinski definition) is 5. The van der Waals surface area contributed by atoms with Gasteiger partial charge in [-0.15, -0.1) is 0 Å². The molecule has 1 aliphatic rings. The van der Waals surface area contributed by atoms with Crippen molar-refractivity contribution in [2.45, 2.75) is 26.2 Å². The summed E-state index contributed by atoms with van der Waals surface area (Å²) >= 11 is 0. The summed E-state index contributed by atoms with van der Waals surface area (Å²) < 4.78 is 23.5. The van der Waals surface area contributed by atoms with Crippen LogP contribution in [0.2, 0.25) is 0 Å². The van der Waals surface area contributed by atoms with Gasteiger partial charge in [-0.1, -0.05) is 6.07 Å². The number of hydrogen-bond donors (Lipinski definition) is 0. The number of carbonyl (C=O) groups is 2. The van der Waals surface area contributed by atoms with E-state index in [0.717, 1.165) is 17.2 Å². The van der Waals surface area contributed by atoms with Crippen LogP contribution >= 0.6 is 0 Å². The van der Waals surface area contributed by atoms with E-state index in [9.17, 15) is 14.0 Å². The second-order valence-electron chi connectivity index (χ2n) is 5.35. The third kappa shape index (κ3) is 3.88. The molecule has 0 N–H and O–H groups in total. The number of rotatable bonds is 4. The van der Waals surface area contributed by atoms with Gasteiger partial charge in [-0.3, -0.25) is 9.63 Å². The van der Waals surface area contributed by atoms with Crippen LogP contribution in [0.1, 0.15) is 19.4 Å². The first kappa shape index (κ1) is 17.4. The van der Waals surface area contributed by atoms with Crippen molar-refractivity contribution in [2.75, 3.05) is 7.11 Å². The standard InChI is InChI=1S/C16H15FN2O5/c1-16(2)23-13(15(21)24-16)8-14(20)19(22-4)9-10-5-6-11(17)12(7-10)18-3/h5-8H,9H2,1-2,4H3/b13-8-. The highest BCUT2D eigenvalue weighted by atomic mass is 19.1. The van der Waals surface area contributed by atoms with Crippen LogP contribution in [-0.4, -0.2) is 29.8 Å². The SMILES string of the molecule is [C-]#[N+]c1cc(CN(OC)C(=O)/C=C2\OC(C)(C)OC2=O)ccc1F. The van der Waals surface area contributed by atoms with E-state index in [2.05, 4.69) is 4.85 Å². The third-order valence-electron chi connectivity index (χ3n) is 3.07. The number of cyclic esters (lactones) is 1. The number of benzene rings is 1. The topological polar surface area (TPSA) is 69.4 Å². The van der Waals surface area contributed by atoms with E-state index in [1.54, 1.807) is 0 Å². The molecule has 0 bridgehead atoms. The molecule has 2 rings (SSSR count). The van der Waals surface area contributed by atoms with Crippen molar-refractivity contribution in [3.05, 3.63) is 52.8 Å². The van der Waals surface area contributed by atoms with E-state index in [-0.39, 0.29) is 18.0 Å². The fourth-order valence-electron chi connectivity index (χ4n) is 2.01. The number of esters is 1. The Balaban J connectivity index is 2.16. The Bertz CT molecular complexity index is 751. The minimum absolute atomic E-state index is 0.0413. The summed E-state index contributed by atoms with van der Waals surface area (Å²) in [5.74, 6) is -3.41. The predicted molar refractivity (Wildman–Crippen MR) is 79.6 cm³/mol. The average molecular weight is 334 g/mol. The van der Waals surface area contributed by atoms with E-state index in [0.29, 0.717) is 5.56 Å². The molecule has 0 saturated carbocycles. The average Bonchev–Trinajstić information content (AvgIpc) is 2.78. The van der Waals surface area contributed by atoms with Crippen molar-refractivity contribution in [3.63, 3.8) is 0 Å². The first-order valence-corrected chi connectivity index (χ1v) is 6.91. The summed E-state index contributed by atoms with van der Waals surface area (Å²) in [5.41, 5.74) is 0.338. The Morgan fingerprint density at radius 1 is 1.46 bits per heavy atom. The van der Waals surface area contributed by atoms with Gasteiger partial charge in [0.25, 0.3) is 5.91 Å². The van der Waals surface area contributed by atoms with Gasteiger partial charge in [0.2, 0.25) is 17.2 Å². The van der Waals surface area contributed by atoms with Crippen molar-refractivity contribution >= 4 is 17.6 Å². The van der Waals surface area contributed by atoms with Gasteiger partial charge in [-0.05, 0) is 17.7 Å². The Kier molecular flexibility index (Phi) is 4.85. The monoisotopic (exact) mass is 334 g/mol. The highest BCUT2D eigenvalue weighted by Gasteiger charge is 2.38. The van der Waals surface area contributed by atoms with Crippen LogP contribution in [0.25, 0.3) is 4.85 Å². The molecule has 0 radical (unpaired) electrons. The smallest absolute Gasteiger partial charge is 0.377 e. The molecule has 24 heavy (non-hydrogen) atoms.